The van der Waals surface area contributed by atoms with E-state index in [1.165, 1.54) is 0 Å². The lowest BCUT2D eigenvalue weighted by Gasteiger charge is -2.13. The highest BCUT2D eigenvalue weighted by atomic mass is 32.2. The van der Waals surface area contributed by atoms with Crippen LogP contribution in [0.25, 0.3) is 0 Å². The lowest BCUT2D eigenvalue weighted by Crippen LogP contribution is -2.29. The van der Waals surface area contributed by atoms with E-state index in [1.54, 1.807) is 25.1 Å². The van der Waals surface area contributed by atoms with Gasteiger partial charge in [0.2, 0.25) is 10.0 Å². The summed E-state index contributed by atoms with van der Waals surface area (Å²) in [7, 11) is -3.40. The molecule has 0 aliphatic carbocycles. The standard InChI is InChI=1S/C19H24N2O4S/c1-13-10-14(2)12-16(11-13)25-9-8-20-19(22)17-6-5-7-18(15(17)3)21-26(4,23)24/h5-7,10-12,21H,8-9H2,1-4H3,(H,20,22). The summed E-state index contributed by atoms with van der Waals surface area (Å²) in [5.41, 5.74) is 3.63. The molecule has 2 rings (SSSR count). The van der Waals surface area contributed by atoms with Crippen LogP contribution in [0, 0.1) is 20.8 Å². The van der Waals surface area contributed by atoms with Crippen LogP contribution in [0.2, 0.25) is 0 Å². The van der Waals surface area contributed by atoms with Gasteiger partial charge in [-0.15, -0.1) is 0 Å². The average molecular weight is 376 g/mol. The molecule has 0 fully saturated rings. The van der Waals surface area contributed by atoms with Gasteiger partial charge in [0.05, 0.1) is 18.5 Å². The number of carbonyl (C=O) groups excluding carboxylic acids is 1. The van der Waals surface area contributed by atoms with Gasteiger partial charge in [-0.3, -0.25) is 9.52 Å². The zero-order chi connectivity index (χ0) is 19.3. The fourth-order valence-electron chi connectivity index (χ4n) is 2.64. The second-order valence-electron chi connectivity index (χ2n) is 6.28. The van der Waals surface area contributed by atoms with E-state index in [-0.39, 0.29) is 5.91 Å². The molecule has 0 spiro atoms. The zero-order valence-corrected chi connectivity index (χ0v) is 16.2. The van der Waals surface area contributed by atoms with E-state index in [2.05, 4.69) is 16.1 Å². The van der Waals surface area contributed by atoms with Gasteiger partial charge in [0.15, 0.2) is 0 Å². The first-order valence-electron chi connectivity index (χ1n) is 8.22. The Labute approximate surface area is 154 Å². The molecule has 0 bridgehead atoms. The van der Waals surface area contributed by atoms with E-state index in [0.717, 1.165) is 23.1 Å². The quantitative estimate of drug-likeness (QED) is 0.728. The Morgan fingerprint density at radius 3 is 2.35 bits per heavy atom. The van der Waals surface area contributed by atoms with E-state index < -0.39 is 10.0 Å². The Hall–Kier alpha value is -2.54. The van der Waals surface area contributed by atoms with Gasteiger partial charge in [-0.1, -0.05) is 12.1 Å². The van der Waals surface area contributed by atoms with E-state index in [0.29, 0.717) is 30.0 Å². The fraction of sp³-hybridized carbons (Fsp3) is 0.316. The molecule has 0 radical (unpaired) electrons. The van der Waals surface area contributed by atoms with Gasteiger partial charge in [0.1, 0.15) is 12.4 Å². The normalized spacial score (nSPS) is 11.1. The number of ether oxygens (including phenoxy) is 1. The SMILES string of the molecule is Cc1cc(C)cc(OCCNC(=O)c2cccc(NS(C)(=O)=O)c2C)c1. The van der Waals surface area contributed by atoms with Gasteiger partial charge in [-0.05, 0) is 61.7 Å². The fourth-order valence-corrected chi connectivity index (χ4v) is 3.26. The van der Waals surface area contributed by atoms with Crippen LogP contribution in [-0.4, -0.2) is 33.7 Å². The highest BCUT2D eigenvalue weighted by Crippen LogP contribution is 2.20. The molecule has 1 amide bonds. The summed E-state index contributed by atoms with van der Waals surface area (Å²) in [5.74, 6) is 0.496. The number of benzene rings is 2. The number of hydrogen-bond acceptors (Lipinski definition) is 4. The smallest absolute Gasteiger partial charge is 0.251 e. The Morgan fingerprint density at radius 1 is 1.08 bits per heavy atom. The summed E-state index contributed by atoms with van der Waals surface area (Å²) in [5, 5.41) is 2.79. The molecule has 2 aromatic carbocycles. The lowest BCUT2D eigenvalue weighted by atomic mass is 10.1. The summed E-state index contributed by atoms with van der Waals surface area (Å²) in [6, 6.07) is 10.9. The van der Waals surface area contributed by atoms with Crippen molar-refractivity contribution in [2.75, 3.05) is 24.1 Å². The van der Waals surface area contributed by atoms with Crippen molar-refractivity contribution in [2.45, 2.75) is 20.8 Å². The molecule has 2 N–H and O–H groups in total. The third-order valence-corrected chi connectivity index (χ3v) is 4.32. The van der Waals surface area contributed by atoms with Crippen LogP contribution in [-0.2, 0) is 10.0 Å². The Balaban J connectivity index is 1.94. The maximum atomic E-state index is 12.4. The molecule has 0 unspecified atom stereocenters. The molecule has 0 aliphatic heterocycles. The van der Waals surface area contributed by atoms with Crippen LogP contribution in [0.4, 0.5) is 5.69 Å². The van der Waals surface area contributed by atoms with E-state index in [4.69, 9.17) is 4.74 Å². The molecule has 0 saturated carbocycles. The molecule has 0 atom stereocenters. The number of rotatable bonds is 7. The van der Waals surface area contributed by atoms with Crippen LogP contribution < -0.4 is 14.8 Å². The monoisotopic (exact) mass is 376 g/mol. The number of amides is 1. The molecular formula is C19H24N2O4S. The number of carbonyl (C=O) groups is 1. The van der Waals surface area contributed by atoms with Crippen LogP contribution >= 0.6 is 0 Å². The Morgan fingerprint density at radius 2 is 1.73 bits per heavy atom. The van der Waals surface area contributed by atoms with Crippen LogP contribution in [0.15, 0.2) is 36.4 Å². The average Bonchev–Trinajstić information content (AvgIpc) is 2.51. The molecule has 0 saturated heterocycles. The molecule has 0 aliphatic rings. The van der Waals surface area contributed by atoms with Crippen LogP contribution in [0.3, 0.4) is 0 Å². The van der Waals surface area contributed by atoms with Crippen molar-refractivity contribution < 1.29 is 17.9 Å². The van der Waals surface area contributed by atoms with Gasteiger partial charge in [-0.2, -0.15) is 0 Å². The Kier molecular flexibility index (Phi) is 6.26. The number of hydrogen-bond donors (Lipinski definition) is 2. The molecular weight excluding hydrogens is 352 g/mol. The number of aryl methyl sites for hydroxylation is 2. The summed E-state index contributed by atoms with van der Waals surface area (Å²) < 4.78 is 30.9. The van der Waals surface area contributed by atoms with Crippen molar-refractivity contribution >= 4 is 21.6 Å². The largest absolute Gasteiger partial charge is 0.492 e. The number of nitrogens with one attached hydrogen (secondary N) is 2. The van der Waals surface area contributed by atoms with E-state index >= 15 is 0 Å². The molecule has 26 heavy (non-hydrogen) atoms. The first-order chi connectivity index (χ1) is 12.2. The molecule has 0 aromatic heterocycles. The summed E-state index contributed by atoms with van der Waals surface area (Å²) in [6.07, 6.45) is 1.07. The predicted molar refractivity (Wildman–Crippen MR) is 103 cm³/mol. The lowest BCUT2D eigenvalue weighted by molar-refractivity contribution is 0.0946. The van der Waals surface area contributed by atoms with Crippen molar-refractivity contribution in [3.8, 4) is 5.75 Å². The van der Waals surface area contributed by atoms with Gasteiger partial charge >= 0.3 is 0 Å². The minimum Gasteiger partial charge on any atom is -0.492 e. The second kappa shape index (κ2) is 8.23. The molecule has 140 valence electrons. The summed E-state index contributed by atoms with van der Waals surface area (Å²) in [4.78, 5) is 12.4. The summed E-state index contributed by atoms with van der Waals surface area (Å²) >= 11 is 0. The third kappa shape index (κ3) is 5.77. The molecule has 0 heterocycles. The topological polar surface area (TPSA) is 84.5 Å². The Bertz CT molecular complexity index is 888. The zero-order valence-electron chi connectivity index (χ0n) is 15.4. The maximum absolute atomic E-state index is 12.4. The third-order valence-electron chi connectivity index (χ3n) is 3.73. The maximum Gasteiger partial charge on any atom is 0.251 e. The van der Waals surface area contributed by atoms with Crippen LogP contribution in [0.1, 0.15) is 27.0 Å². The van der Waals surface area contributed by atoms with Gasteiger partial charge < -0.3 is 10.1 Å². The molecule has 7 heteroatoms. The highest BCUT2D eigenvalue weighted by Gasteiger charge is 2.13. The van der Waals surface area contributed by atoms with Crippen molar-refractivity contribution in [3.63, 3.8) is 0 Å². The number of anilines is 1. The van der Waals surface area contributed by atoms with Crippen LogP contribution in [0.5, 0.6) is 5.75 Å². The van der Waals surface area contributed by atoms with Gasteiger partial charge in [0.25, 0.3) is 5.91 Å². The first kappa shape index (κ1) is 19.8. The number of sulfonamides is 1. The van der Waals surface area contributed by atoms with Gasteiger partial charge in [0, 0.05) is 5.56 Å². The van der Waals surface area contributed by atoms with Crippen molar-refractivity contribution in [3.05, 3.63) is 58.7 Å². The highest BCUT2D eigenvalue weighted by molar-refractivity contribution is 7.92. The van der Waals surface area contributed by atoms with E-state index in [9.17, 15) is 13.2 Å². The second-order valence-corrected chi connectivity index (χ2v) is 8.03. The van der Waals surface area contributed by atoms with E-state index in [1.807, 2.05) is 26.0 Å². The minimum atomic E-state index is -3.40. The van der Waals surface area contributed by atoms with Gasteiger partial charge in [-0.25, -0.2) is 8.42 Å². The molecule has 2 aromatic rings. The minimum absolute atomic E-state index is 0.274. The van der Waals surface area contributed by atoms with Crippen molar-refractivity contribution in [1.82, 2.24) is 5.32 Å². The summed E-state index contributed by atoms with van der Waals surface area (Å²) in [6.45, 7) is 6.39. The molecule has 6 nitrogen and oxygen atoms in total. The predicted octanol–water partition coefficient (Wildman–Crippen LogP) is 2.79. The van der Waals surface area contributed by atoms with Crippen molar-refractivity contribution in [2.24, 2.45) is 0 Å². The van der Waals surface area contributed by atoms with Crippen molar-refractivity contribution in [1.29, 1.82) is 0 Å². The first-order valence-corrected chi connectivity index (χ1v) is 10.1.